The summed E-state index contributed by atoms with van der Waals surface area (Å²) < 4.78 is 5.78. The molecule has 1 aromatic rings. The van der Waals surface area contributed by atoms with Crippen molar-refractivity contribution in [1.82, 2.24) is 14.7 Å². The Morgan fingerprint density at radius 3 is 2.37 bits per heavy atom. The van der Waals surface area contributed by atoms with Crippen molar-refractivity contribution in [2.24, 2.45) is 0 Å². The molecule has 0 N–H and O–H groups in total. The SMILES string of the molecule is CC1CN(C(=O)C(C)N2CCN(Cc3ccccc3)C(C)(C)C2)CC(C)O1. The van der Waals surface area contributed by atoms with Gasteiger partial charge in [0.05, 0.1) is 18.2 Å². The second-order valence-corrected chi connectivity index (χ2v) is 8.87. The second kappa shape index (κ2) is 8.29. The minimum atomic E-state index is -0.0827. The number of nitrogens with zero attached hydrogens (tertiary/aromatic N) is 3. The zero-order valence-electron chi connectivity index (χ0n) is 17.5. The Morgan fingerprint density at radius 2 is 1.78 bits per heavy atom. The molecule has 0 radical (unpaired) electrons. The number of rotatable bonds is 4. The first-order chi connectivity index (χ1) is 12.8. The van der Waals surface area contributed by atoms with Crippen molar-refractivity contribution in [1.29, 1.82) is 0 Å². The van der Waals surface area contributed by atoms with Crippen LogP contribution < -0.4 is 0 Å². The average molecular weight is 374 g/mol. The van der Waals surface area contributed by atoms with Crippen LogP contribution in [-0.2, 0) is 16.1 Å². The fourth-order valence-electron chi connectivity index (χ4n) is 4.43. The first-order valence-corrected chi connectivity index (χ1v) is 10.2. The molecule has 3 unspecified atom stereocenters. The highest BCUT2D eigenvalue weighted by Gasteiger charge is 2.38. The molecule has 2 aliphatic rings. The minimum absolute atomic E-state index is 0.0359. The Hall–Kier alpha value is -1.43. The molecule has 0 aromatic heterocycles. The summed E-state index contributed by atoms with van der Waals surface area (Å²) >= 11 is 0. The quantitative estimate of drug-likeness (QED) is 0.813. The van der Waals surface area contributed by atoms with E-state index in [0.717, 1.165) is 26.2 Å². The van der Waals surface area contributed by atoms with Crippen LogP contribution in [-0.4, -0.2) is 77.1 Å². The van der Waals surface area contributed by atoms with Gasteiger partial charge in [0, 0.05) is 44.8 Å². The summed E-state index contributed by atoms with van der Waals surface area (Å²) in [4.78, 5) is 20.0. The Morgan fingerprint density at radius 1 is 1.15 bits per heavy atom. The van der Waals surface area contributed by atoms with Crippen molar-refractivity contribution in [3.05, 3.63) is 35.9 Å². The van der Waals surface area contributed by atoms with Gasteiger partial charge in [0.1, 0.15) is 0 Å². The lowest BCUT2D eigenvalue weighted by atomic mass is 9.96. The second-order valence-electron chi connectivity index (χ2n) is 8.87. The molecule has 3 atom stereocenters. The lowest BCUT2D eigenvalue weighted by Crippen LogP contribution is -2.63. The zero-order valence-corrected chi connectivity index (χ0v) is 17.5. The van der Waals surface area contributed by atoms with E-state index in [9.17, 15) is 4.79 Å². The molecule has 1 amide bonds. The van der Waals surface area contributed by atoms with E-state index < -0.39 is 0 Å². The summed E-state index contributed by atoms with van der Waals surface area (Å²) in [6, 6.07) is 10.6. The molecule has 2 aliphatic heterocycles. The summed E-state index contributed by atoms with van der Waals surface area (Å²) in [5.74, 6) is 0.240. The number of hydrogen-bond acceptors (Lipinski definition) is 4. The first kappa shape index (κ1) is 20.3. The van der Waals surface area contributed by atoms with Crippen LogP contribution in [0.15, 0.2) is 30.3 Å². The maximum atomic E-state index is 13.1. The number of piperazine rings is 1. The van der Waals surface area contributed by atoms with Crippen molar-refractivity contribution in [3.8, 4) is 0 Å². The van der Waals surface area contributed by atoms with E-state index in [4.69, 9.17) is 4.74 Å². The number of carbonyl (C=O) groups excluding carboxylic acids is 1. The van der Waals surface area contributed by atoms with Crippen molar-refractivity contribution in [2.45, 2.75) is 65.0 Å². The smallest absolute Gasteiger partial charge is 0.239 e. The van der Waals surface area contributed by atoms with Crippen LogP contribution in [0.5, 0.6) is 0 Å². The summed E-state index contributed by atoms with van der Waals surface area (Å²) in [6.07, 6.45) is 0.230. The molecule has 0 aliphatic carbocycles. The fraction of sp³-hybridized carbons (Fsp3) is 0.682. The predicted octanol–water partition coefficient (Wildman–Crippen LogP) is 2.61. The van der Waals surface area contributed by atoms with Gasteiger partial charge < -0.3 is 9.64 Å². The normalized spacial score (nSPS) is 28.1. The van der Waals surface area contributed by atoms with Crippen LogP contribution in [0.25, 0.3) is 0 Å². The van der Waals surface area contributed by atoms with Crippen LogP contribution in [0.2, 0.25) is 0 Å². The highest BCUT2D eigenvalue weighted by Crippen LogP contribution is 2.25. The highest BCUT2D eigenvalue weighted by molar-refractivity contribution is 5.81. The monoisotopic (exact) mass is 373 g/mol. The number of amides is 1. The molecule has 0 saturated carbocycles. The van der Waals surface area contributed by atoms with E-state index in [1.807, 2.05) is 18.7 Å². The highest BCUT2D eigenvalue weighted by atomic mass is 16.5. The van der Waals surface area contributed by atoms with E-state index in [1.54, 1.807) is 0 Å². The van der Waals surface area contributed by atoms with Gasteiger partial charge in [-0.2, -0.15) is 0 Å². The first-order valence-electron chi connectivity index (χ1n) is 10.2. The Bertz CT molecular complexity index is 624. The number of morpholine rings is 1. The topological polar surface area (TPSA) is 36.0 Å². The van der Waals surface area contributed by atoms with Crippen molar-refractivity contribution in [2.75, 3.05) is 32.7 Å². The molecule has 0 bridgehead atoms. The van der Waals surface area contributed by atoms with Gasteiger partial charge >= 0.3 is 0 Å². The van der Waals surface area contributed by atoms with Crippen LogP contribution >= 0.6 is 0 Å². The molecule has 2 saturated heterocycles. The van der Waals surface area contributed by atoms with Crippen molar-refractivity contribution in [3.63, 3.8) is 0 Å². The third-order valence-electron chi connectivity index (χ3n) is 5.96. The molecule has 150 valence electrons. The number of ether oxygens (including phenoxy) is 1. The summed E-state index contributed by atoms with van der Waals surface area (Å²) in [6.45, 7) is 15.9. The predicted molar refractivity (Wildman–Crippen MR) is 109 cm³/mol. The van der Waals surface area contributed by atoms with Crippen LogP contribution in [0.4, 0.5) is 0 Å². The molecule has 5 heteroatoms. The lowest BCUT2D eigenvalue weighted by molar-refractivity contribution is -0.150. The molecule has 1 aromatic carbocycles. The summed E-state index contributed by atoms with van der Waals surface area (Å²) in [7, 11) is 0. The minimum Gasteiger partial charge on any atom is -0.372 e. The van der Waals surface area contributed by atoms with Crippen LogP contribution in [0.1, 0.15) is 40.2 Å². The maximum absolute atomic E-state index is 13.1. The third kappa shape index (κ3) is 4.89. The Balaban J connectivity index is 1.61. The van der Waals surface area contributed by atoms with E-state index in [-0.39, 0.29) is 29.7 Å². The largest absolute Gasteiger partial charge is 0.372 e. The lowest BCUT2D eigenvalue weighted by Gasteiger charge is -2.49. The van der Waals surface area contributed by atoms with Gasteiger partial charge in [0.25, 0.3) is 0 Å². The van der Waals surface area contributed by atoms with E-state index in [1.165, 1.54) is 5.56 Å². The molecular formula is C22H35N3O2. The van der Waals surface area contributed by atoms with E-state index in [2.05, 4.69) is 60.9 Å². The van der Waals surface area contributed by atoms with Gasteiger partial charge in [-0.3, -0.25) is 14.6 Å². The molecule has 27 heavy (non-hydrogen) atoms. The molecule has 2 heterocycles. The summed E-state index contributed by atoms with van der Waals surface area (Å²) in [5.41, 5.74) is 1.38. The third-order valence-corrected chi connectivity index (χ3v) is 5.96. The number of benzene rings is 1. The van der Waals surface area contributed by atoms with Gasteiger partial charge in [-0.25, -0.2) is 0 Å². The zero-order chi connectivity index (χ0) is 19.6. The maximum Gasteiger partial charge on any atom is 0.239 e. The summed E-state index contributed by atoms with van der Waals surface area (Å²) in [5, 5.41) is 0. The Labute approximate surface area is 164 Å². The van der Waals surface area contributed by atoms with Crippen molar-refractivity contribution < 1.29 is 9.53 Å². The van der Waals surface area contributed by atoms with Gasteiger partial charge in [-0.05, 0) is 40.2 Å². The Kier molecular flexibility index (Phi) is 6.24. The van der Waals surface area contributed by atoms with E-state index >= 15 is 0 Å². The number of hydrogen-bond donors (Lipinski definition) is 0. The molecule has 2 fully saturated rings. The molecular weight excluding hydrogens is 338 g/mol. The van der Waals surface area contributed by atoms with Gasteiger partial charge in [0.15, 0.2) is 0 Å². The van der Waals surface area contributed by atoms with Crippen LogP contribution in [0, 0.1) is 0 Å². The van der Waals surface area contributed by atoms with Crippen molar-refractivity contribution >= 4 is 5.91 Å². The average Bonchev–Trinajstić information content (AvgIpc) is 2.62. The fourth-order valence-corrected chi connectivity index (χ4v) is 4.43. The van der Waals surface area contributed by atoms with Gasteiger partial charge in [-0.1, -0.05) is 30.3 Å². The molecule has 3 rings (SSSR count). The van der Waals surface area contributed by atoms with Gasteiger partial charge in [0.2, 0.25) is 5.91 Å². The molecule has 0 spiro atoms. The number of carbonyl (C=O) groups is 1. The standard InChI is InChI=1S/C22H35N3O2/c1-17-13-24(14-18(2)27-17)21(26)19(3)23-11-12-25(22(4,5)16-23)15-20-9-7-6-8-10-20/h6-10,17-19H,11-16H2,1-5H3. The van der Waals surface area contributed by atoms with Gasteiger partial charge in [-0.15, -0.1) is 0 Å². The van der Waals surface area contributed by atoms with Crippen LogP contribution in [0.3, 0.4) is 0 Å². The molecule has 5 nitrogen and oxygen atoms in total. The van der Waals surface area contributed by atoms with E-state index in [0.29, 0.717) is 13.1 Å².